The third-order valence-electron chi connectivity index (χ3n) is 8.29. The molecule has 0 aliphatic rings. The number of thiophene rings is 1. The number of aliphatic carboxylic acids is 1. The Kier molecular flexibility index (Phi) is 11.8. The fourth-order valence-corrected chi connectivity index (χ4v) is 6.08. The molecule has 1 aromatic carbocycles. The van der Waals surface area contributed by atoms with Crippen molar-refractivity contribution in [2.45, 2.75) is 111 Å². The van der Waals surface area contributed by atoms with Gasteiger partial charge in [-0.1, -0.05) is 66.7 Å². The molecular weight excluding hydrogens is 553 g/mol. The predicted molar refractivity (Wildman–Crippen MR) is 174 cm³/mol. The molecule has 2 rings (SSSR count). The van der Waals surface area contributed by atoms with Gasteiger partial charge in [0.1, 0.15) is 12.4 Å². The van der Waals surface area contributed by atoms with Crippen molar-refractivity contribution in [1.82, 2.24) is 0 Å². The van der Waals surface area contributed by atoms with Crippen LogP contribution in [0.3, 0.4) is 0 Å². The third kappa shape index (κ3) is 9.84. The average Bonchev–Trinajstić information content (AvgIpc) is 3.30. The van der Waals surface area contributed by atoms with E-state index in [0.29, 0.717) is 19.8 Å². The Morgan fingerprint density at radius 3 is 2.00 bits per heavy atom. The van der Waals surface area contributed by atoms with Crippen molar-refractivity contribution < 1.29 is 23.5 Å². The van der Waals surface area contributed by atoms with Crippen LogP contribution in [0.5, 0.6) is 5.75 Å². The molecule has 0 aliphatic heterocycles. The van der Waals surface area contributed by atoms with Gasteiger partial charge in [-0.15, -0.1) is 11.3 Å². The van der Waals surface area contributed by atoms with E-state index in [0.717, 1.165) is 45.4 Å². The second kappa shape index (κ2) is 13.8. The van der Waals surface area contributed by atoms with Gasteiger partial charge in [0.05, 0.1) is 13.2 Å². The lowest BCUT2D eigenvalue weighted by Gasteiger charge is -2.37. The molecule has 8 heteroatoms. The summed E-state index contributed by atoms with van der Waals surface area (Å²) in [4.78, 5) is 11.9. The number of allylic oxidation sites excluding steroid dienone is 3. The Labute approximate surface area is 248 Å². The van der Waals surface area contributed by atoms with Gasteiger partial charge >= 0.3 is 5.97 Å². The zero-order valence-electron chi connectivity index (χ0n) is 26.4. The molecule has 0 aliphatic carbocycles. The first-order valence-electron chi connectivity index (χ1n) is 14.1. The number of rotatable bonds is 13. The lowest BCUT2D eigenvalue weighted by molar-refractivity contribution is -0.131. The van der Waals surface area contributed by atoms with Crippen LogP contribution in [-0.2, 0) is 33.5 Å². The van der Waals surface area contributed by atoms with E-state index in [9.17, 15) is 4.79 Å². The second-order valence-corrected chi connectivity index (χ2v) is 24.0. The first kappa shape index (κ1) is 34.2. The Morgan fingerprint density at radius 1 is 0.900 bits per heavy atom. The van der Waals surface area contributed by atoms with Crippen LogP contribution in [0.2, 0.25) is 36.3 Å². The van der Waals surface area contributed by atoms with Gasteiger partial charge in [0.15, 0.2) is 16.6 Å². The Hall–Kier alpha value is -1.98. The quantitative estimate of drug-likeness (QED) is 0.140. The van der Waals surface area contributed by atoms with Gasteiger partial charge in [0.2, 0.25) is 0 Å². The van der Waals surface area contributed by atoms with Gasteiger partial charge in [-0.2, -0.15) is 0 Å². The average molecular weight is 603 g/mol. The first-order chi connectivity index (χ1) is 18.4. The summed E-state index contributed by atoms with van der Waals surface area (Å²) < 4.78 is 19.4. The summed E-state index contributed by atoms with van der Waals surface area (Å²) in [6.07, 6.45) is 5.41. The van der Waals surface area contributed by atoms with E-state index in [1.807, 2.05) is 12.1 Å². The summed E-state index contributed by atoms with van der Waals surface area (Å²) in [5.74, 6) is -0.131. The minimum atomic E-state index is -1.93. The monoisotopic (exact) mass is 602 g/mol. The van der Waals surface area contributed by atoms with Gasteiger partial charge in [-0.25, -0.2) is 4.79 Å². The second-order valence-electron chi connectivity index (χ2n) is 13.4. The Bertz CT molecular complexity index is 1200. The topological polar surface area (TPSA) is 65.0 Å². The number of carbonyl (C=O) groups is 1. The summed E-state index contributed by atoms with van der Waals surface area (Å²) >= 11 is 1.65. The molecule has 1 aromatic heterocycles. The maximum Gasteiger partial charge on any atom is 0.328 e. The molecule has 0 saturated carbocycles. The van der Waals surface area contributed by atoms with Gasteiger partial charge in [0, 0.05) is 11.0 Å². The van der Waals surface area contributed by atoms with Gasteiger partial charge < -0.3 is 18.7 Å². The Balaban J connectivity index is 2.23. The zero-order chi connectivity index (χ0) is 30.4. The summed E-state index contributed by atoms with van der Waals surface area (Å²) in [6.45, 7) is 26.4. The smallest absolute Gasteiger partial charge is 0.328 e. The fourth-order valence-electron chi connectivity index (χ4n) is 3.36. The van der Waals surface area contributed by atoms with Crippen LogP contribution >= 0.6 is 11.3 Å². The minimum Gasteiger partial charge on any atom is -0.488 e. The fraction of sp³-hybridized carbons (Fsp3) is 0.531. The van der Waals surface area contributed by atoms with Crippen LogP contribution in [0.15, 0.2) is 47.9 Å². The van der Waals surface area contributed by atoms with Crippen LogP contribution in [0.25, 0.3) is 5.57 Å². The highest BCUT2D eigenvalue weighted by Crippen LogP contribution is 2.39. The molecular formula is C32H50O5SSi2. The molecule has 0 saturated heterocycles. The maximum absolute atomic E-state index is 10.8. The predicted octanol–water partition coefficient (Wildman–Crippen LogP) is 9.80. The normalized spacial score (nSPS) is 13.7. The lowest BCUT2D eigenvalue weighted by atomic mass is 10.1. The summed E-state index contributed by atoms with van der Waals surface area (Å²) in [5, 5.41) is 11.2. The van der Waals surface area contributed by atoms with Crippen LogP contribution in [0, 0.1) is 0 Å². The van der Waals surface area contributed by atoms with Crippen molar-refractivity contribution in [3.63, 3.8) is 0 Å². The van der Waals surface area contributed by atoms with E-state index in [1.54, 1.807) is 17.4 Å². The van der Waals surface area contributed by atoms with E-state index in [1.165, 1.54) is 0 Å². The van der Waals surface area contributed by atoms with E-state index < -0.39 is 22.6 Å². The number of benzene rings is 1. The molecule has 0 spiro atoms. The molecule has 0 atom stereocenters. The number of ether oxygens (including phenoxy) is 1. The number of hydrogen-bond acceptors (Lipinski definition) is 5. The molecule has 0 unspecified atom stereocenters. The van der Waals surface area contributed by atoms with Crippen molar-refractivity contribution in [2.24, 2.45) is 0 Å². The summed E-state index contributed by atoms with van der Waals surface area (Å²) in [6, 6.07) is 8.39. The highest BCUT2D eigenvalue weighted by Gasteiger charge is 2.38. The molecule has 5 nitrogen and oxygen atoms in total. The van der Waals surface area contributed by atoms with Gasteiger partial charge in [0.25, 0.3) is 0 Å². The van der Waals surface area contributed by atoms with Crippen molar-refractivity contribution in [1.29, 1.82) is 0 Å². The molecule has 2 aromatic rings. The number of carboxylic acid groups (broad SMARTS) is 1. The van der Waals surface area contributed by atoms with Gasteiger partial charge in [-0.3, -0.25) is 0 Å². The first-order valence-corrected chi connectivity index (χ1v) is 20.8. The molecule has 0 bridgehead atoms. The van der Waals surface area contributed by atoms with Crippen LogP contribution < -0.4 is 4.74 Å². The van der Waals surface area contributed by atoms with Crippen LogP contribution in [-0.4, -0.2) is 27.7 Å². The summed E-state index contributed by atoms with van der Waals surface area (Å²) in [7, 11) is -3.83. The largest absolute Gasteiger partial charge is 0.488 e. The van der Waals surface area contributed by atoms with E-state index >= 15 is 0 Å². The minimum absolute atomic E-state index is 0.130. The highest BCUT2D eigenvalue weighted by molar-refractivity contribution is 7.10. The molecule has 222 valence electrons. The van der Waals surface area contributed by atoms with Gasteiger partial charge in [-0.05, 0) is 88.5 Å². The van der Waals surface area contributed by atoms with E-state index in [4.69, 9.17) is 18.7 Å². The van der Waals surface area contributed by atoms with E-state index in [2.05, 4.69) is 98.2 Å². The third-order valence-corrected chi connectivity index (χ3v) is 18.2. The summed E-state index contributed by atoms with van der Waals surface area (Å²) in [5.41, 5.74) is 4.47. The molecule has 40 heavy (non-hydrogen) atoms. The molecule has 1 heterocycles. The van der Waals surface area contributed by atoms with Crippen molar-refractivity contribution in [3.05, 3.63) is 69.4 Å². The molecule has 0 radical (unpaired) electrons. The maximum atomic E-state index is 10.8. The molecule has 0 fully saturated rings. The highest BCUT2D eigenvalue weighted by atomic mass is 32.1. The van der Waals surface area contributed by atoms with Crippen LogP contribution in [0.4, 0.5) is 0 Å². The van der Waals surface area contributed by atoms with Crippen LogP contribution in [0.1, 0.15) is 76.5 Å². The molecule has 1 N–H and O–H groups in total. The number of hydrogen-bond donors (Lipinski definition) is 1. The van der Waals surface area contributed by atoms with Crippen molar-refractivity contribution in [2.75, 3.05) is 0 Å². The standard InChI is InChI=1S/C32H50O5SSi2/c1-12-24(14-13-15-30(33)34)27-19-29(38-23-27)22-35-28-17-16-25(20-36-39(8,9)31(2,3)4)26(18-28)21-37-40(10,11)32(5,6)7/h13-19,23H,12,20-22H2,1-11H3,(H,33,34)/b15-13+,24-14-. The number of carboxylic acids is 1. The molecule has 0 amide bonds. The lowest BCUT2D eigenvalue weighted by Crippen LogP contribution is -2.41. The van der Waals surface area contributed by atoms with Crippen molar-refractivity contribution in [3.8, 4) is 5.75 Å². The Morgan fingerprint density at radius 2 is 1.48 bits per heavy atom. The van der Waals surface area contributed by atoms with Crippen molar-refractivity contribution >= 4 is 39.5 Å². The SMILES string of the molecule is CC/C(=C/C=C/C(=O)O)c1csc(COc2ccc(CO[Si](C)(C)C(C)(C)C)c(CO[Si](C)(C)C(C)(C)C)c2)c1. The van der Waals surface area contributed by atoms with E-state index in [-0.39, 0.29) is 10.1 Å². The zero-order valence-corrected chi connectivity index (χ0v) is 29.3.